The highest BCUT2D eigenvalue weighted by atomic mass is 32.2. The van der Waals surface area contributed by atoms with E-state index in [-0.39, 0.29) is 21.9 Å². The van der Waals surface area contributed by atoms with Crippen LogP contribution >= 0.6 is 0 Å². The summed E-state index contributed by atoms with van der Waals surface area (Å²) in [5, 5.41) is 21.8. The molecule has 0 aromatic heterocycles. The fraction of sp³-hybridized carbons (Fsp3) is 0.0833. The standard InChI is InChI=1S/C24H23N5O6S/c25-21(26)15-10-12-18(13-11-15)28-23(31)17-8-6-16(7-9-17)22(30)27-14-20(24(32)33)29-36(34,35)19-4-2-1-3-5-19/h1-13,20,29H,14H2,(H3,25,26)(H,27,30)(H,28,31)(H,32,33)/t20-/m0/s1. The predicted octanol–water partition coefficient (Wildman–Crippen LogP) is 1.38. The van der Waals surface area contributed by atoms with Crippen molar-refractivity contribution in [2.45, 2.75) is 10.9 Å². The molecule has 0 spiro atoms. The van der Waals surface area contributed by atoms with Gasteiger partial charge in [0.15, 0.2) is 0 Å². The van der Waals surface area contributed by atoms with Crippen LogP contribution in [0.5, 0.6) is 0 Å². The number of anilines is 1. The molecular formula is C24H23N5O6S. The van der Waals surface area contributed by atoms with Crippen LogP contribution in [-0.2, 0) is 14.8 Å². The van der Waals surface area contributed by atoms with Gasteiger partial charge in [0.2, 0.25) is 10.0 Å². The molecule has 11 nitrogen and oxygen atoms in total. The van der Waals surface area contributed by atoms with Crippen molar-refractivity contribution in [3.8, 4) is 0 Å². The first-order chi connectivity index (χ1) is 17.1. The average Bonchev–Trinajstić information content (AvgIpc) is 2.87. The third kappa shape index (κ3) is 6.74. The molecule has 0 aliphatic rings. The highest BCUT2D eigenvalue weighted by molar-refractivity contribution is 7.89. The van der Waals surface area contributed by atoms with Crippen LogP contribution in [0.3, 0.4) is 0 Å². The van der Waals surface area contributed by atoms with E-state index in [1.54, 1.807) is 30.3 Å². The van der Waals surface area contributed by atoms with E-state index in [1.807, 2.05) is 0 Å². The van der Waals surface area contributed by atoms with Crippen molar-refractivity contribution >= 4 is 39.3 Å². The first kappa shape index (κ1) is 26.1. The molecule has 1 atom stereocenters. The molecular weight excluding hydrogens is 486 g/mol. The number of benzene rings is 3. The molecule has 0 aliphatic carbocycles. The molecule has 0 radical (unpaired) electrons. The van der Waals surface area contributed by atoms with E-state index < -0.39 is 40.4 Å². The highest BCUT2D eigenvalue weighted by Gasteiger charge is 2.26. The maximum atomic E-state index is 12.5. The van der Waals surface area contributed by atoms with Crippen LogP contribution in [0.1, 0.15) is 26.3 Å². The number of amidine groups is 1. The number of hydrogen-bond acceptors (Lipinski definition) is 6. The summed E-state index contributed by atoms with van der Waals surface area (Å²) in [6, 6.07) is 17.6. The molecule has 0 saturated heterocycles. The zero-order valence-corrected chi connectivity index (χ0v) is 19.6. The van der Waals surface area contributed by atoms with E-state index in [2.05, 4.69) is 15.4 Å². The van der Waals surface area contributed by atoms with Gasteiger partial charge in [-0.05, 0) is 60.7 Å². The minimum atomic E-state index is -4.11. The molecule has 3 aromatic carbocycles. The predicted molar refractivity (Wildman–Crippen MR) is 132 cm³/mol. The Balaban J connectivity index is 1.59. The van der Waals surface area contributed by atoms with Gasteiger partial charge in [0.1, 0.15) is 11.9 Å². The summed E-state index contributed by atoms with van der Waals surface area (Å²) in [5.74, 6) is -2.63. The number of nitrogen functional groups attached to an aromatic ring is 1. The minimum Gasteiger partial charge on any atom is -0.480 e. The van der Waals surface area contributed by atoms with Gasteiger partial charge in [-0.3, -0.25) is 19.8 Å². The SMILES string of the molecule is N=C(N)c1ccc(NC(=O)c2ccc(C(=O)NC[C@H](NS(=O)(=O)c3ccccc3)C(=O)O)cc2)cc1. The molecule has 0 heterocycles. The zero-order valence-electron chi connectivity index (χ0n) is 18.8. The third-order valence-corrected chi connectivity index (χ3v) is 6.47. The van der Waals surface area contributed by atoms with Crippen molar-refractivity contribution in [1.82, 2.24) is 10.0 Å². The number of sulfonamides is 1. The normalized spacial score (nSPS) is 11.8. The minimum absolute atomic E-state index is 0.0926. The van der Waals surface area contributed by atoms with Crippen LogP contribution in [0.25, 0.3) is 0 Å². The number of nitrogens with one attached hydrogen (secondary N) is 4. The summed E-state index contributed by atoms with van der Waals surface area (Å²) in [7, 11) is -4.11. The molecule has 12 heteroatoms. The second-order valence-corrected chi connectivity index (χ2v) is 9.27. The van der Waals surface area contributed by atoms with Gasteiger partial charge in [0.05, 0.1) is 4.90 Å². The summed E-state index contributed by atoms with van der Waals surface area (Å²) in [4.78, 5) is 36.3. The first-order valence-corrected chi connectivity index (χ1v) is 12.0. The Morgan fingerprint density at radius 3 is 1.89 bits per heavy atom. The third-order valence-electron chi connectivity index (χ3n) is 4.98. The van der Waals surface area contributed by atoms with Crippen LogP contribution in [0.4, 0.5) is 5.69 Å². The quantitative estimate of drug-likeness (QED) is 0.176. The largest absolute Gasteiger partial charge is 0.480 e. The second-order valence-electron chi connectivity index (χ2n) is 7.56. The Labute approximate surface area is 206 Å². The number of hydrogen-bond donors (Lipinski definition) is 6. The number of amides is 2. The monoisotopic (exact) mass is 509 g/mol. The molecule has 0 bridgehead atoms. The van der Waals surface area contributed by atoms with E-state index in [1.165, 1.54) is 48.5 Å². The summed E-state index contributed by atoms with van der Waals surface area (Å²) in [6.07, 6.45) is 0. The summed E-state index contributed by atoms with van der Waals surface area (Å²) in [5.41, 5.74) is 6.82. The van der Waals surface area contributed by atoms with Gasteiger partial charge in [-0.25, -0.2) is 8.42 Å². The van der Waals surface area contributed by atoms with Crippen molar-refractivity contribution in [2.24, 2.45) is 5.73 Å². The summed E-state index contributed by atoms with van der Waals surface area (Å²) < 4.78 is 26.9. The van der Waals surface area contributed by atoms with Gasteiger partial charge < -0.3 is 21.5 Å². The van der Waals surface area contributed by atoms with Crippen LogP contribution in [-0.4, -0.2) is 49.7 Å². The number of carbonyl (C=O) groups is 3. The lowest BCUT2D eigenvalue weighted by atomic mass is 10.1. The van der Waals surface area contributed by atoms with Crippen molar-refractivity contribution in [2.75, 3.05) is 11.9 Å². The lowest BCUT2D eigenvalue weighted by Crippen LogP contribution is -2.48. The van der Waals surface area contributed by atoms with Crippen LogP contribution in [0, 0.1) is 5.41 Å². The van der Waals surface area contributed by atoms with E-state index in [9.17, 15) is 27.9 Å². The Bertz CT molecular complexity index is 1370. The Morgan fingerprint density at radius 2 is 1.36 bits per heavy atom. The van der Waals surface area contributed by atoms with Crippen LogP contribution < -0.4 is 21.1 Å². The average molecular weight is 510 g/mol. The molecule has 186 valence electrons. The maximum Gasteiger partial charge on any atom is 0.323 e. The lowest BCUT2D eigenvalue weighted by molar-refractivity contribution is -0.138. The Hall–Kier alpha value is -4.55. The lowest BCUT2D eigenvalue weighted by Gasteiger charge is -2.16. The fourth-order valence-corrected chi connectivity index (χ4v) is 4.25. The molecule has 0 unspecified atom stereocenters. The molecule has 7 N–H and O–H groups in total. The molecule has 3 rings (SSSR count). The molecule has 3 aromatic rings. The highest BCUT2D eigenvalue weighted by Crippen LogP contribution is 2.12. The van der Waals surface area contributed by atoms with Gasteiger partial charge >= 0.3 is 5.97 Å². The molecule has 0 saturated carbocycles. The van der Waals surface area contributed by atoms with Crippen LogP contribution in [0.2, 0.25) is 0 Å². The molecule has 2 amide bonds. The Morgan fingerprint density at radius 1 is 0.833 bits per heavy atom. The number of carboxylic acid groups (broad SMARTS) is 1. The van der Waals surface area contributed by atoms with E-state index in [4.69, 9.17) is 11.1 Å². The first-order valence-electron chi connectivity index (χ1n) is 10.5. The van der Waals surface area contributed by atoms with E-state index in [0.29, 0.717) is 11.3 Å². The van der Waals surface area contributed by atoms with Gasteiger partial charge in [0, 0.05) is 28.9 Å². The van der Waals surface area contributed by atoms with Crippen molar-refractivity contribution in [1.29, 1.82) is 5.41 Å². The topological polar surface area (TPSA) is 192 Å². The van der Waals surface area contributed by atoms with E-state index in [0.717, 1.165) is 0 Å². The van der Waals surface area contributed by atoms with Gasteiger partial charge in [-0.2, -0.15) is 4.72 Å². The summed E-state index contributed by atoms with van der Waals surface area (Å²) >= 11 is 0. The van der Waals surface area contributed by atoms with Crippen LogP contribution in [0.15, 0.2) is 83.8 Å². The maximum absolute atomic E-state index is 12.5. The number of carbonyl (C=O) groups excluding carboxylic acids is 2. The fourth-order valence-electron chi connectivity index (χ4n) is 3.04. The van der Waals surface area contributed by atoms with Gasteiger partial charge in [0.25, 0.3) is 11.8 Å². The van der Waals surface area contributed by atoms with Crippen molar-refractivity contribution in [3.63, 3.8) is 0 Å². The number of nitrogens with two attached hydrogens (primary N) is 1. The van der Waals surface area contributed by atoms with Crippen molar-refractivity contribution in [3.05, 3.63) is 95.6 Å². The van der Waals surface area contributed by atoms with E-state index >= 15 is 0 Å². The second kappa shape index (κ2) is 11.3. The smallest absolute Gasteiger partial charge is 0.323 e. The zero-order chi connectivity index (χ0) is 26.3. The van der Waals surface area contributed by atoms with Crippen molar-refractivity contribution < 1.29 is 27.9 Å². The van der Waals surface area contributed by atoms with Gasteiger partial charge in [-0.15, -0.1) is 0 Å². The van der Waals surface area contributed by atoms with Gasteiger partial charge in [-0.1, -0.05) is 18.2 Å². The Kier molecular flexibility index (Phi) is 8.14. The number of carboxylic acids is 1. The number of rotatable bonds is 10. The molecule has 0 aliphatic heterocycles. The number of aliphatic carboxylic acids is 1. The summed E-state index contributed by atoms with van der Waals surface area (Å²) in [6.45, 7) is -0.501. The molecule has 0 fully saturated rings. The molecule has 36 heavy (non-hydrogen) atoms.